The molecule has 0 radical (unpaired) electrons. The van der Waals surface area contributed by atoms with E-state index in [1.165, 1.54) is 0 Å². The van der Waals surface area contributed by atoms with Crippen molar-refractivity contribution in [2.45, 2.75) is 12.5 Å². The smallest absolute Gasteiger partial charge is 0.244 e. The Labute approximate surface area is 195 Å². The monoisotopic (exact) mass is 454 g/mol. The van der Waals surface area contributed by atoms with Crippen LogP contribution in [0.4, 0.5) is 0 Å². The summed E-state index contributed by atoms with van der Waals surface area (Å²) in [6.45, 7) is 0.283. The number of halogens is 1. The van der Waals surface area contributed by atoms with Crippen LogP contribution >= 0.6 is 11.6 Å². The first-order chi connectivity index (χ1) is 16.2. The van der Waals surface area contributed by atoms with Crippen LogP contribution in [0.15, 0.2) is 90.3 Å². The number of nitrogens with two attached hydrogens (primary N) is 1. The number of hydrogen-bond donors (Lipinski definition) is 2. The maximum absolute atomic E-state index is 10.00. The molecule has 1 aromatic heterocycles. The molecule has 4 aromatic rings. The summed E-state index contributed by atoms with van der Waals surface area (Å²) in [5.74, 6) is 0.476. The molecular weight excluding hydrogens is 436 g/mol. The van der Waals surface area contributed by atoms with Gasteiger partial charge in [0, 0.05) is 16.1 Å². The SMILES string of the molecule is N#CC1=C(N)Oc2n[nH]c(-c3ccccc3)c2[C@H]1c1ccccc1OCc1ccccc1Cl. The van der Waals surface area contributed by atoms with E-state index in [9.17, 15) is 5.26 Å². The number of aromatic amines is 1. The Balaban J connectivity index is 1.62. The first-order valence-corrected chi connectivity index (χ1v) is 10.7. The molecule has 0 fully saturated rings. The van der Waals surface area contributed by atoms with Gasteiger partial charge in [-0.15, -0.1) is 5.10 Å². The van der Waals surface area contributed by atoms with Gasteiger partial charge in [0.25, 0.3) is 0 Å². The second-order valence-corrected chi connectivity index (χ2v) is 7.93. The zero-order valence-corrected chi connectivity index (χ0v) is 18.2. The predicted octanol–water partition coefficient (Wildman–Crippen LogP) is 5.53. The molecule has 2 heterocycles. The lowest BCUT2D eigenvalue weighted by molar-refractivity contribution is 0.301. The third-order valence-electron chi connectivity index (χ3n) is 5.57. The molecule has 3 N–H and O–H groups in total. The number of fused-ring (bicyclic) bond motifs is 1. The quantitative estimate of drug-likeness (QED) is 0.413. The molecule has 0 unspecified atom stereocenters. The van der Waals surface area contributed by atoms with Crippen LogP contribution in [0.5, 0.6) is 11.6 Å². The summed E-state index contributed by atoms with van der Waals surface area (Å²) < 4.78 is 11.9. The summed E-state index contributed by atoms with van der Waals surface area (Å²) in [6, 6.07) is 27.1. The molecule has 0 aliphatic carbocycles. The van der Waals surface area contributed by atoms with Crippen molar-refractivity contribution in [3.63, 3.8) is 0 Å². The van der Waals surface area contributed by atoms with Gasteiger partial charge in [-0.1, -0.05) is 78.3 Å². The van der Waals surface area contributed by atoms with Crippen LogP contribution in [0, 0.1) is 11.3 Å². The van der Waals surface area contributed by atoms with Crippen molar-refractivity contribution < 1.29 is 9.47 Å². The Morgan fingerprint density at radius 1 is 1.03 bits per heavy atom. The molecule has 5 rings (SSSR count). The predicted molar refractivity (Wildman–Crippen MR) is 126 cm³/mol. The fourth-order valence-electron chi connectivity index (χ4n) is 4.00. The van der Waals surface area contributed by atoms with Crippen LogP contribution in [0.1, 0.15) is 22.6 Å². The summed E-state index contributed by atoms with van der Waals surface area (Å²) >= 11 is 6.31. The van der Waals surface area contributed by atoms with Gasteiger partial charge in [0.2, 0.25) is 11.8 Å². The number of allylic oxidation sites excluding steroid dienone is 1. The van der Waals surface area contributed by atoms with Crippen molar-refractivity contribution in [3.8, 4) is 29.0 Å². The number of aromatic nitrogens is 2. The maximum atomic E-state index is 10.00. The van der Waals surface area contributed by atoms with Gasteiger partial charge >= 0.3 is 0 Å². The maximum Gasteiger partial charge on any atom is 0.244 e. The number of benzene rings is 3. The Morgan fingerprint density at radius 2 is 1.76 bits per heavy atom. The molecule has 0 saturated carbocycles. The highest BCUT2D eigenvalue weighted by molar-refractivity contribution is 6.31. The van der Waals surface area contributed by atoms with Crippen molar-refractivity contribution in [1.82, 2.24) is 10.2 Å². The molecule has 1 aliphatic heterocycles. The average Bonchev–Trinajstić information content (AvgIpc) is 3.27. The minimum atomic E-state index is -0.518. The lowest BCUT2D eigenvalue weighted by atomic mass is 9.82. The van der Waals surface area contributed by atoms with E-state index in [1.54, 1.807) is 0 Å². The summed E-state index contributed by atoms with van der Waals surface area (Å²) in [5, 5.41) is 18.0. The summed E-state index contributed by atoms with van der Waals surface area (Å²) in [7, 11) is 0. The van der Waals surface area contributed by atoms with Gasteiger partial charge in [-0.2, -0.15) is 5.26 Å². The molecule has 7 heteroatoms. The molecule has 0 bridgehead atoms. The lowest BCUT2D eigenvalue weighted by Gasteiger charge is -2.25. The molecule has 6 nitrogen and oxygen atoms in total. The van der Waals surface area contributed by atoms with Crippen LogP contribution in [0.25, 0.3) is 11.3 Å². The van der Waals surface area contributed by atoms with Crippen LogP contribution in [-0.4, -0.2) is 10.2 Å². The van der Waals surface area contributed by atoms with Gasteiger partial charge in [-0.3, -0.25) is 5.10 Å². The number of hydrogen-bond acceptors (Lipinski definition) is 5. The van der Waals surface area contributed by atoms with Crippen molar-refractivity contribution >= 4 is 11.6 Å². The third-order valence-corrected chi connectivity index (χ3v) is 5.94. The Hall–Kier alpha value is -4.21. The van der Waals surface area contributed by atoms with Crippen molar-refractivity contribution in [2.24, 2.45) is 5.73 Å². The number of nitrogens with zero attached hydrogens (tertiary/aromatic N) is 2. The highest BCUT2D eigenvalue weighted by Gasteiger charge is 2.37. The second-order valence-electron chi connectivity index (χ2n) is 7.53. The van der Waals surface area contributed by atoms with Crippen LogP contribution < -0.4 is 15.2 Å². The Kier molecular flexibility index (Phi) is 5.47. The molecule has 33 heavy (non-hydrogen) atoms. The number of nitriles is 1. The number of rotatable bonds is 5. The topological polar surface area (TPSA) is 97.0 Å². The number of para-hydroxylation sites is 1. The van der Waals surface area contributed by atoms with Crippen LogP contribution in [0.3, 0.4) is 0 Å². The van der Waals surface area contributed by atoms with E-state index in [0.29, 0.717) is 22.2 Å². The minimum absolute atomic E-state index is 0.0296. The van der Waals surface area contributed by atoms with Crippen molar-refractivity contribution in [1.29, 1.82) is 5.26 Å². The van der Waals surface area contributed by atoms with Gasteiger partial charge in [-0.05, 0) is 17.7 Å². The van der Waals surface area contributed by atoms with E-state index in [1.807, 2.05) is 78.9 Å². The van der Waals surface area contributed by atoms with E-state index in [2.05, 4.69) is 16.3 Å². The first-order valence-electron chi connectivity index (χ1n) is 10.3. The molecule has 0 spiro atoms. The van der Waals surface area contributed by atoms with Crippen LogP contribution in [-0.2, 0) is 6.61 Å². The Bertz CT molecular complexity index is 1390. The van der Waals surface area contributed by atoms with Gasteiger partial charge in [0.05, 0.1) is 17.2 Å². The average molecular weight is 455 g/mol. The number of ether oxygens (including phenoxy) is 2. The molecule has 1 atom stereocenters. The van der Waals surface area contributed by atoms with Crippen molar-refractivity contribution in [2.75, 3.05) is 0 Å². The van der Waals surface area contributed by atoms with E-state index in [0.717, 1.165) is 27.9 Å². The number of H-pyrrole nitrogens is 1. The second kappa shape index (κ2) is 8.73. The fraction of sp³-hybridized carbons (Fsp3) is 0.0769. The number of nitrogens with one attached hydrogen (secondary N) is 1. The fourth-order valence-corrected chi connectivity index (χ4v) is 4.19. The summed E-state index contributed by atoms with van der Waals surface area (Å²) in [5.41, 5.74) is 10.5. The highest BCUT2D eigenvalue weighted by atomic mass is 35.5. The normalized spacial score (nSPS) is 14.8. The standard InChI is InChI=1S/C26H19ClN4O2/c27-20-12-6-4-10-17(20)15-32-21-13-7-5-11-18(21)22-19(14-28)25(29)33-26-23(22)24(30-31-26)16-8-2-1-3-9-16/h1-13,22H,15,29H2,(H,30,31)/t22-/m0/s1. The van der Waals surface area contributed by atoms with E-state index < -0.39 is 5.92 Å². The van der Waals surface area contributed by atoms with E-state index >= 15 is 0 Å². The van der Waals surface area contributed by atoms with E-state index in [4.69, 9.17) is 26.8 Å². The largest absolute Gasteiger partial charge is 0.489 e. The lowest BCUT2D eigenvalue weighted by Crippen LogP contribution is -2.21. The molecule has 1 aliphatic rings. The van der Waals surface area contributed by atoms with Crippen LogP contribution in [0.2, 0.25) is 5.02 Å². The molecule has 3 aromatic carbocycles. The van der Waals surface area contributed by atoms with Gasteiger partial charge in [0.1, 0.15) is 24.0 Å². The minimum Gasteiger partial charge on any atom is -0.489 e. The van der Waals surface area contributed by atoms with Gasteiger partial charge < -0.3 is 15.2 Å². The zero-order chi connectivity index (χ0) is 22.8. The summed E-state index contributed by atoms with van der Waals surface area (Å²) in [6.07, 6.45) is 0. The molecule has 162 valence electrons. The van der Waals surface area contributed by atoms with Gasteiger partial charge in [-0.25, -0.2) is 0 Å². The highest BCUT2D eigenvalue weighted by Crippen LogP contribution is 2.47. The summed E-state index contributed by atoms with van der Waals surface area (Å²) in [4.78, 5) is 0. The van der Waals surface area contributed by atoms with Gasteiger partial charge in [0.15, 0.2) is 0 Å². The molecule has 0 saturated heterocycles. The first kappa shape index (κ1) is 20.7. The zero-order valence-electron chi connectivity index (χ0n) is 17.5. The molecule has 0 amide bonds. The van der Waals surface area contributed by atoms with E-state index in [-0.39, 0.29) is 12.5 Å². The Morgan fingerprint density at radius 3 is 2.55 bits per heavy atom. The van der Waals surface area contributed by atoms with Crippen molar-refractivity contribution in [3.05, 3.63) is 112 Å². The molecular formula is C26H19ClN4O2. The third kappa shape index (κ3) is 3.79.